The van der Waals surface area contributed by atoms with Gasteiger partial charge in [-0.15, -0.1) is 0 Å². The van der Waals surface area contributed by atoms with Crippen LogP contribution in [0.3, 0.4) is 0 Å². The SMILES string of the molecule is Cc1ccc(NS(=O)(=O)c2ncn(C)c2Cl)c(C)c1O. The van der Waals surface area contributed by atoms with Gasteiger partial charge in [-0.1, -0.05) is 17.7 Å². The first-order valence-corrected chi connectivity index (χ1v) is 7.59. The molecule has 0 radical (unpaired) electrons. The molecule has 8 heteroatoms. The average molecular weight is 316 g/mol. The number of nitrogens with zero attached hydrogens (tertiary/aromatic N) is 2. The van der Waals surface area contributed by atoms with Gasteiger partial charge in [0.15, 0.2) is 0 Å². The first-order valence-electron chi connectivity index (χ1n) is 5.73. The maximum absolute atomic E-state index is 12.2. The number of phenols is 1. The highest BCUT2D eigenvalue weighted by atomic mass is 35.5. The second kappa shape index (κ2) is 4.99. The van der Waals surface area contributed by atoms with Crippen molar-refractivity contribution in [3.05, 3.63) is 34.7 Å². The van der Waals surface area contributed by atoms with Gasteiger partial charge in [0.1, 0.15) is 10.9 Å². The molecule has 0 aliphatic carbocycles. The fraction of sp³-hybridized carbons (Fsp3) is 0.250. The van der Waals surface area contributed by atoms with Crippen LogP contribution in [0.1, 0.15) is 11.1 Å². The first kappa shape index (κ1) is 14.7. The van der Waals surface area contributed by atoms with Gasteiger partial charge in [0, 0.05) is 12.6 Å². The fourth-order valence-electron chi connectivity index (χ4n) is 1.71. The van der Waals surface area contributed by atoms with Crippen LogP contribution in [-0.4, -0.2) is 23.1 Å². The zero-order valence-corrected chi connectivity index (χ0v) is 12.7. The largest absolute Gasteiger partial charge is 0.507 e. The average Bonchev–Trinajstić information content (AvgIpc) is 2.71. The standard InChI is InChI=1S/C12H14ClN3O3S/c1-7-4-5-9(8(2)10(7)17)15-20(18,19)12-11(13)16(3)6-14-12/h4-6,15,17H,1-3H3. The third-order valence-corrected chi connectivity index (χ3v) is 4.82. The van der Waals surface area contributed by atoms with Crippen molar-refractivity contribution >= 4 is 27.3 Å². The lowest BCUT2D eigenvalue weighted by molar-refractivity contribution is 0.467. The Kier molecular flexibility index (Phi) is 3.66. The second-order valence-corrected chi connectivity index (χ2v) is 6.42. The van der Waals surface area contributed by atoms with Crippen LogP contribution in [0, 0.1) is 13.8 Å². The summed E-state index contributed by atoms with van der Waals surface area (Å²) in [5, 5.41) is 9.60. The summed E-state index contributed by atoms with van der Waals surface area (Å²) >= 11 is 5.89. The topological polar surface area (TPSA) is 84.2 Å². The van der Waals surface area contributed by atoms with Crippen molar-refractivity contribution < 1.29 is 13.5 Å². The summed E-state index contributed by atoms with van der Waals surface area (Å²) in [5.41, 5.74) is 1.40. The molecule has 108 valence electrons. The van der Waals surface area contributed by atoms with Crippen LogP contribution >= 0.6 is 11.6 Å². The summed E-state index contributed by atoms with van der Waals surface area (Å²) in [7, 11) is -2.31. The molecule has 2 N–H and O–H groups in total. The van der Waals surface area contributed by atoms with Gasteiger partial charge in [-0.05, 0) is 25.5 Å². The number of imidazole rings is 1. The van der Waals surface area contributed by atoms with Gasteiger partial charge in [0.25, 0.3) is 10.0 Å². The molecular formula is C12H14ClN3O3S. The minimum absolute atomic E-state index is 0.0199. The number of halogens is 1. The van der Waals surface area contributed by atoms with Crippen molar-refractivity contribution in [2.24, 2.45) is 7.05 Å². The predicted octanol–water partition coefficient (Wildman–Crippen LogP) is 2.20. The maximum atomic E-state index is 12.2. The third-order valence-electron chi connectivity index (χ3n) is 2.97. The van der Waals surface area contributed by atoms with E-state index in [1.807, 2.05) is 0 Å². The van der Waals surface area contributed by atoms with Crippen molar-refractivity contribution in [2.75, 3.05) is 4.72 Å². The lowest BCUT2D eigenvalue weighted by Crippen LogP contribution is -2.15. The predicted molar refractivity (Wildman–Crippen MR) is 76.6 cm³/mol. The van der Waals surface area contributed by atoms with Gasteiger partial charge in [-0.25, -0.2) is 4.98 Å². The summed E-state index contributed by atoms with van der Waals surface area (Å²) in [5.74, 6) is 0.0531. The molecule has 1 aromatic heterocycles. The smallest absolute Gasteiger partial charge is 0.282 e. The molecule has 2 rings (SSSR count). The molecule has 6 nitrogen and oxygen atoms in total. The summed E-state index contributed by atoms with van der Waals surface area (Å²) in [4.78, 5) is 3.77. The normalized spacial score (nSPS) is 11.6. The Bertz CT molecular complexity index is 768. The number of aromatic hydroxyl groups is 1. The van der Waals surface area contributed by atoms with Gasteiger partial charge in [0.05, 0.1) is 12.0 Å². The number of nitrogens with one attached hydrogen (secondary N) is 1. The van der Waals surface area contributed by atoms with Crippen molar-refractivity contribution in [3.63, 3.8) is 0 Å². The zero-order chi connectivity index (χ0) is 15.1. The third kappa shape index (κ3) is 2.46. The number of anilines is 1. The number of rotatable bonds is 3. The number of sulfonamides is 1. The van der Waals surface area contributed by atoms with E-state index in [-0.39, 0.29) is 21.6 Å². The molecule has 0 atom stereocenters. The summed E-state index contributed by atoms with van der Waals surface area (Å²) in [6.45, 7) is 3.36. The monoisotopic (exact) mass is 315 g/mol. The van der Waals surface area contributed by atoms with E-state index in [2.05, 4.69) is 9.71 Å². The molecule has 1 heterocycles. The molecule has 20 heavy (non-hydrogen) atoms. The zero-order valence-electron chi connectivity index (χ0n) is 11.2. The van der Waals surface area contributed by atoms with Gasteiger partial charge in [-0.3, -0.25) is 4.72 Å². The number of aryl methyl sites for hydroxylation is 2. The molecule has 0 bridgehead atoms. The molecule has 1 aromatic carbocycles. The Morgan fingerprint density at radius 3 is 2.55 bits per heavy atom. The molecule has 0 aliphatic heterocycles. The van der Waals surface area contributed by atoms with E-state index in [4.69, 9.17) is 11.6 Å². The van der Waals surface area contributed by atoms with Crippen molar-refractivity contribution in [1.82, 2.24) is 9.55 Å². The lowest BCUT2D eigenvalue weighted by atomic mass is 10.1. The minimum atomic E-state index is -3.90. The Morgan fingerprint density at radius 2 is 2.00 bits per heavy atom. The molecule has 0 unspecified atom stereocenters. The van der Waals surface area contributed by atoms with E-state index in [1.54, 1.807) is 33.0 Å². The Balaban J connectivity index is 2.44. The Morgan fingerprint density at radius 1 is 1.35 bits per heavy atom. The molecule has 0 saturated carbocycles. The van der Waals surface area contributed by atoms with Crippen molar-refractivity contribution in [2.45, 2.75) is 18.9 Å². The highest BCUT2D eigenvalue weighted by molar-refractivity contribution is 7.92. The number of hydrogen-bond acceptors (Lipinski definition) is 4. The van der Waals surface area contributed by atoms with Crippen molar-refractivity contribution in [3.8, 4) is 5.75 Å². The molecule has 0 fully saturated rings. The van der Waals surface area contributed by atoms with Crippen LogP contribution in [0.5, 0.6) is 5.75 Å². The summed E-state index contributed by atoms with van der Waals surface area (Å²) in [6, 6.07) is 3.21. The number of phenolic OH excluding ortho intramolecular Hbond substituents is 1. The number of hydrogen-bond donors (Lipinski definition) is 2. The lowest BCUT2D eigenvalue weighted by Gasteiger charge is -2.12. The van der Waals surface area contributed by atoms with Crippen LogP contribution in [-0.2, 0) is 17.1 Å². The fourth-order valence-corrected chi connectivity index (χ4v) is 3.27. The minimum Gasteiger partial charge on any atom is -0.507 e. The van der Waals surface area contributed by atoms with Crippen molar-refractivity contribution in [1.29, 1.82) is 0 Å². The maximum Gasteiger partial charge on any atom is 0.282 e. The van der Waals surface area contributed by atoms with E-state index in [0.29, 0.717) is 11.1 Å². The second-order valence-electron chi connectivity index (χ2n) is 4.46. The molecule has 0 aliphatic rings. The molecule has 2 aromatic rings. The van der Waals surface area contributed by atoms with Gasteiger partial charge in [0.2, 0.25) is 5.03 Å². The van der Waals surface area contributed by atoms with E-state index in [0.717, 1.165) is 0 Å². The molecule has 0 saturated heterocycles. The van der Waals surface area contributed by atoms with Gasteiger partial charge >= 0.3 is 0 Å². The first-order chi connectivity index (χ1) is 9.24. The van der Waals surface area contributed by atoms with Gasteiger partial charge in [-0.2, -0.15) is 8.42 Å². The van der Waals surface area contributed by atoms with E-state index < -0.39 is 10.0 Å². The Hall–Kier alpha value is -1.73. The molecule has 0 spiro atoms. The molecule has 0 amide bonds. The number of benzene rings is 1. The highest BCUT2D eigenvalue weighted by Crippen LogP contribution is 2.30. The van der Waals surface area contributed by atoms with Crippen LogP contribution < -0.4 is 4.72 Å². The van der Waals surface area contributed by atoms with Crippen LogP contribution in [0.15, 0.2) is 23.5 Å². The quantitative estimate of drug-likeness (QED) is 0.909. The van der Waals surface area contributed by atoms with Gasteiger partial charge < -0.3 is 9.67 Å². The Labute approximate surface area is 122 Å². The van der Waals surface area contributed by atoms with E-state index >= 15 is 0 Å². The van der Waals surface area contributed by atoms with E-state index in [9.17, 15) is 13.5 Å². The summed E-state index contributed by atoms with van der Waals surface area (Å²) in [6.07, 6.45) is 1.32. The van der Waals surface area contributed by atoms with Crippen LogP contribution in [0.4, 0.5) is 5.69 Å². The number of aromatic nitrogens is 2. The highest BCUT2D eigenvalue weighted by Gasteiger charge is 2.23. The summed E-state index contributed by atoms with van der Waals surface area (Å²) < 4.78 is 28.2. The van der Waals surface area contributed by atoms with Crippen LogP contribution in [0.2, 0.25) is 5.15 Å². The molecular weight excluding hydrogens is 302 g/mol. The van der Waals surface area contributed by atoms with E-state index in [1.165, 1.54) is 10.9 Å². The van der Waals surface area contributed by atoms with Crippen LogP contribution in [0.25, 0.3) is 0 Å².